The van der Waals surface area contributed by atoms with Crippen molar-refractivity contribution in [2.45, 2.75) is 64.7 Å². The summed E-state index contributed by atoms with van der Waals surface area (Å²) in [6.45, 7) is 1.94. The van der Waals surface area contributed by atoms with Crippen molar-refractivity contribution in [3.05, 3.63) is 0 Å². The third-order valence-corrected chi connectivity index (χ3v) is 3.74. The third-order valence-electron chi connectivity index (χ3n) is 3.74. The van der Waals surface area contributed by atoms with E-state index in [0.29, 0.717) is 32.1 Å². The average molecular weight is 302 g/mol. The lowest BCUT2D eigenvalue weighted by Crippen LogP contribution is -2.12. The molecule has 0 fully saturated rings. The number of carbonyl (C=O) groups is 3. The van der Waals surface area contributed by atoms with Gasteiger partial charge in [-0.25, -0.2) is 0 Å². The van der Waals surface area contributed by atoms with Crippen LogP contribution in [0.25, 0.3) is 0 Å². The van der Waals surface area contributed by atoms with E-state index >= 15 is 0 Å². The van der Waals surface area contributed by atoms with E-state index in [1.807, 2.05) is 6.92 Å². The van der Waals surface area contributed by atoms with Crippen LogP contribution in [-0.2, 0) is 14.4 Å². The summed E-state index contributed by atoms with van der Waals surface area (Å²) in [5, 5.41) is 26.3. The number of hydrogen-bond acceptors (Lipinski definition) is 3. The van der Waals surface area contributed by atoms with Crippen molar-refractivity contribution in [2.24, 2.45) is 11.8 Å². The van der Waals surface area contributed by atoms with E-state index in [4.69, 9.17) is 15.3 Å². The minimum Gasteiger partial charge on any atom is -0.481 e. The zero-order chi connectivity index (χ0) is 16.3. The predicted molar refractivity (Wildman–Crippen MR) is 77.1 cm³/mol. The van der Waals surface area contributed by atoms with E-state index in [1.165, 1.54) is 0 Å². The largest absolute Gasteiger partial charge is 0.481 e. The Kier molecular flexibility index (Phi) is 10.3. The molecule has 0 aromatic heterocycles. The number of aliphatic carboxylic acids is 3. The smallest absolute Gasteiger partial charge is 0.303 e. The van der Waals surface area contributed by atoms with Gasteiger partial charge < -0.3 is 15.3 Å². The maximum absolute atomic E-state index is 10.9. The highest BCUT2D eigenvalue weighted by atomic mass is 16.4. The molecule has 0 aromatic carbocycles. The SMILES string of the molecule is CCC(CCC(CCCCC(=O)O)CC(=O)O)CC(=O)O. The van der Waals surface area contributed by atoms with Crippen molar-refractivity contribution in [3.63, 3.8) is 0 Å². The zero-order valence-corrected chi connectivity index (χ0v) is 12.6. The van der Waals surface area contributed by atoms with Gasteiger partial charge in [0.25, 0.3) is 0 Å². The number of carboxylic acids is 3. The molecule has 2 unspecified atom stereocenters. The molecule has 0 saturated heterocycles. The van der Waals surface area contributed by atoms with Crippen molar-refractivity contribution in [2.75, 3.05) is 0 Å². The van der Waals surface area contributed by atoms with Crippen LogP contribution in [0.4, 0.5) is 0 Å². The summed E-state index contributed by atoms with van der Waals surface area (Å²) in [6.07, 6.45) is 4.39. The molecule has 6 heteroatoms. The lowest BCUT2D eigenvalue weighted by molar-refractivity contribution is -0.139. The summed E-state index contributed by atoms with van der Waals surface area (Å²) in [5.41, 5.74) is 0. The summed E-state index contributed by atoms with van der Waals surface area (Å²) in [4.78, 5) is 32.0. The topological polar surface area (TPSA) is 112 Å². The molecule has 0 aliphatic heterocycles. The number of rotatable bonds is 13. The van der Waals surface area contributed by atoms with Crippen LogP contribution >= 0.6 is 0 Å². The lowest BCUT2D eigenvalue weighted by atomic mass is 9.87. The first-order valence-electron chi connectivity index (χ1n) is 7.50. The van der Waals surface area contributed by atoms with Gasteiger partial charge in [0.1, 0.15) is 0 Å². The van der Waals surface area contributed by atoms with Crippen LogP contribution in [0, 0.1) is 11.8 Å². The molecule has 122 valence electrons. The summed E-state index contributed by atoms with van der Waals surface area (Å²) in [6, 6.07) is 0. The maximum atomic E-state index is 10.9. The third kappa shape index (κ3) is 11.9. The van der Waals surface area contributed by atoms with Crippen molar-refractivity contribution < 1.29 is 29.7 Å². The average Bonchev–Trinajstić information content (AvgIpc) is 2.37. The molecule has 0 aliphatic rings. The first kappa shape index (κ1) is 19.4. The number of unbranched alkanes of at least 4 members (excludes halogenated alkanes) is 1. The van der Waals surface area contributed by atoms with Gasteiger partial charge in [-0.2, -0.15) is 0 Å². The van der Waals surface area contributed by atoms with Gasteiger partial charge in [-0.05, 0) is 37.5 Å². The van der Waals surface area contributed by atoms with Gasteiger partial charge >= 0.3 is 17.9 Å². The molecule has 6 nitrogen and oxygen atoms in total. The van der Waals surface area contributed by atoms with Gasteiger partial charge in [-0.3, -0.25) is 14.4 Å². The molecule has 0 amide bonds. The second-order valence-corrected chi connectivity index (χ2v) is 5.55. The second kappa shape index (κ2) is 11.1. The van der Waals surface area contributed by atoms with E-state index in [0.717, 1.165) is 6.42 Å². The molecule has 21 heavy (non-hydrogen) atoms. The van der Waals surface area contributed by atoms with Gasteiger partial charge in [0.2, 0.25) is 0 Å². The Morgan fingerprint density at radius 3 is 1.76 bits per heavy atom. The van der Waals surface area contributed by atoms with Crippen LogP contribution < -0.4 is 0 Å². The lowest BCUT2D eigenvalue weighted by Gasteiger charge is -2.18. The van der Waals surface area contributed by atoms with Crippen LogP contribution in [0.1, 0.15) is 64.7 Å². The van der Waals surface area contributed by atoms with E-state index in [9.17, 15) is 14.4 Å². The fourth-order valence-corrected chi connectivity index (χ4v) is 2.47. The Morgan fingerprint density at radius 2 is 1.29 bits per heavy atom. The molecular formula is C15H26O6. The Hall–Kier alpha value is -1.59. The number of carboxylic acid groups (broad SMARTS) is 3. The summed E-state index contributed by atoms with van der Waals surface area (Å²) in [7, 11) is 0. The Labute approximate surface area is 125 Å². The molecule has 0 bridgehead atoms. The second-order valence-electron chi connectivity index (χ2n) is 5.55. The quantitative estimate of drug-likeness (QED) is 0.451. The molecule has 0 heterocycles. The van der Waals surface area contributed by atoms with Crippen molar-refractivity contribution in [1.29, 1.82) is 0 Å². The van der Waals surface area contributed by atoms with Crippen molar-refractivity contribution in [1.82, 2.24) is 0 Å². The molecule has 0 rings (SSSR count). The molecule has 3 N–H and O–H groups in total. The highest BCUT2D eigenvalue weighted by molar-refractivity contribution is 5.67. The standard InChI is InChI=1S/C15H26O6/c1-2-11(9-14(18)19)7-8-12(10-15(20)21)5-3-4-6-13(16)17/h11-12H,2-10H2,1H3,(H,16,17)(H,18,19)(H,20,21). The summed E-state index contributed by atoms with van der Waals surface area (Å²) in [5.74, 6) is -2.43. The molecule has 0 aromatic rings. The van der Waals surface area contributed by atoms with Gasteiger partial charge in [0.05, 0.1) is 0 Å². The van der Waals surface area contributed by atoms with E-state index in [-0.39, 0.29) is 31.1 Å². The monoisotopic (exact) mass is 302 g/mol. The fourth-order valence-electron chi connectivity index (χ4n) is 2.47. The first-order valence-corrected chi connectivity index (χ1v) is 7.50. The molecule has 2 atom stereocenters. The van der Waals surface area contributed by atoms with Gasteiger partial charge in [-0.1, -0.05) is 19.8 Å². The molecule has 0 radical (unpaired) electrons. The highest BCUT2D eigenvalue weighted by Gasteiger charge is 2.17. The van der Waals surface area contributed by atoms with Crippen LogP contribution in [0.15, 0.2) is 0 Å². The van der Waals surface area contributed by atoms with Crippen LogP contribution in [0.2, 0.25) is 0 Å². The van der Waals surface area contributed by atoms with Gasteiger partial charge in [0, 0.05) is 19.3 Å². The van der Waals surface area contributed by atoms with Crippen LogP contribution in [-0.4, -0.2) is 33.2 Å². The fraction of sp³-hybridized carbons (Fsp3) is 0.800. The minimum absolute atomic E-state index is 0.000796. The summed E-state index contributed by atoms with van der Waals surface area (Å²) < 4.78 is 0. The Balaban J connectivity index is 4.18. The molecule has 0 saturated carbocycles. The first-order chi connectivity index (χ1) is 9.85. The zero-order valence-electron chi connectivity index (χ0n) is 12.6. The minimum atomic E-state index is -0.857. The molecule has 0 spiro atoms. The van der Waals surface area contributed by atoms with Gasteiger partial charge in [-0.15, -0.1) is 0 Å². The number of hydrogen-bond donors (Lipinski definition) is 3. The van der Waals surface area contributed by atoms with Crippen LogP contribution in [0.3, 0.4) is 0 Å². The Morgan fingerprint density at radius 1 is 0.762 bits per heavy atom. The Bertz CT molecular complexity index is 339. The molecular weight excluding hydrogens is 276 g/mol. The van der Waals surface area contributed by atoms with Crippen LogP contribution in [0.5, 0.6) is 0 Å². The maximum Gasteiger partial charge on any atom is 0.303 e. The van der Waals surface area contributed by atoms with Gasteiger partial charge in [0.15, 0.2) is 0 Å². The normalized spacial score (nSPS) is 13.6. The van der Waals surface area contributed by atoms with E-state index in [2.05, 4.69) is 0 Å². The van der Waals surface area contributed by atoms with E-state index in [1.54, 1.807) is 0 Å². The van der Waals surface area contributed by atoms with Crippen molar-refractivity contribution in [3.8, 4) is 0 Å². The van der Waals surface area contributed by atoms with Crippen molar-refractivity contribution >= 4 is 17.9 Å². The van der Waals surface area contributed by atoms with E-state index < -0.39 is 17.9 Å². The molecule has 0 aliphatic carbocycles. The summed E-state index contributed by atoms with van der Waals surface area (Å²) >= 11 is 0. The predicted octanol–water partition coefficient (Wildman–Crippen LogP) is 3.00. The highest BCUT2D eigenvalue weighted by Crippen LogP contribution is 2.24.